The third-order valence-corrected chi connectivity index (χ3v) is 12.3. The highest BCUT2D eigenvalue weighted by atomic mass is 35.5. The Morgan fingerprint density at radius 1 is 0.922 bits per heavy atom. The molecule has 1 aromatic heterocycles. The second-order valence-corrected chi connectivity index (χ2v) is 15.3. The van der Waals surface area contributed by atoms with Crippen molar-refractivity contribution < 1.29 is 23.5 Å². The maximum Gasteiger partial charge on any atom is 0.342 e. The van der Waals surface area contributed by atoms with Gasteiger partial charge in [0.15, 0.2) is 0 Å². The molecule has 1 amide bonds. The number of fused-ring (bicyclic) bond motifs is 3. The highest BCUT2D eigenvalue weighted by Crippen LogP contribution is 2.63. The van der Waals surface area contributed by atoms with Crippen molar-refractivity contribution in [2.24, 2.45) is 0 Å². The highest BCUT2D eigenvalue weighted by Gasteiger charge is 2.43. The molecule has 7 rings (SSSR count). The van der Waals surface area contributed by atoms with Gasteiger partial charge >= 0.3 is 13.3 Å². The van der Waals surface area contributed by atoms with Gasteiger partial charge in [-0.1, -0.05) is 78.3 Å². The van der Waals surface area contributed by atoms with Crippen LogP contribution in [0.15, 0.2) is 102 Å². The lowest BCUT2D eigenvalue weighted by atomic mass is 9.99. The van der Waals surface area contributed by atoms with Gasteiger partial charge in [0.25, 0.3) is 5.91 Å². The summed E-state index contributed by atoms with van der Waals surface area (Å²) >= 11 is 6.26. The molecule has 1 aliphatic heterocycles. The Kier molecular flexibility index (Phi) is 10.1. The van der Waals surface area contributed by atoms with E-state index in [-0.39, 0.29) is 30.9 Å². The number of aromatic amines is 1. The van der Waals surface area contributed by atoms with Crippen LogP contribution in [0.2, 0.25) is 5.02 Å². The first kappa shape index (κ1) is 35.0. The van der Waals surface area contributed by atoms with Gasteiger partial charge in [-0.2, -0.15) is 0 Å². The zero-order chi connectivity index (χ0) is 35.7. The van der Waals surface area contributed by atoms with Gasteiger partial charge in [-0.3, -0.25) is 13.9 Å². The number of likely N-dealkylation sites (tertiary alicyclic amines) is 1. The maximum atomic E-state index is 14.6. The molecule has 264 valence electrons. The Hall–Kier alpha value is -4.44. The van der Waals surface area contributed by atoms with E-state index in [1.165, 1.54) is 0 Å². The number of rotatable bonds is 11. The van der Waals surface area contributed by atoms with E-state index in [2.05, 4.69) is 10.3 Å². The lowest BCUT2D eigenvalue weighted by Crippen LogP contribution is -2.41. The molecule has 0 aliphatic carbocycles. The lowest BCUT2D eigenvalue weighted by molar-refractivity contribution is 0.0696. The summed E-state index contributed by atoms with van der Waals surface area (Å²) in [5.41, 5.74) is 1.48. The average Bonchev–Trinajstić information content (AvgIpc) is 3.46. The van der Waals surface area contributed by atoms with E-state index >= 15 is 0 Å². The van der Waals surface area contributed by atoms with Crippen LogP contribution in [-0.4, -0.2) is 58.0 Å². The first-order valence-corrected chi connectivity index (χ1v) is 19.2. The Labute approximate surface area is 300 Å². The van der Waals surface area contributed by atoms with Gasteiger partial charge in [0.2, 0.25) is 0 Å². The summed E-state index contributed by atoms with van der Waals surface area (Å²) in [4.78, 5) is 32.0. The van der Waals surface area contributed by atoms with E-state index in [0.717, 1.165) is 27.1 Å². The van der Waals surface area contributed by atoms with Gasteiger partial charge < -0.3 is 29.4 Å². The molecule has 1 saturated heterocycles. The van der Waals surface area contributed by atoms with Crippen molar-refractivity contribution in [3.63, 3.8) is 0 Å². The van der Waals surface area contributed by atoms with Crippen LogP contribution in [0.3, 0.4) is 0 Å². The second kappa shape index (κ2) is 14.7. The minimum absolute atomic E-state index is 0.110. The lowest BCUT2D eigenvalue weighted by Gasteiger charge is -2.34. The van der Waals surface area contributed by atoms with Crippen molar-refractivity contribution in [3.05, 3.63) is 124 Å². The molecule has 51 heavy (non-hydrogen) atoms. The number of hydrogen-bond donors (Lipinski definition) is 3. The predicted octanol–water partition coefficient (Wildman–Crippen LogP) is 8.50. The fourth-order valence-electron chi connectivity index (χ4n) is 7.31. The van der Waals surface area contributed by atoms with Gasteiger partial charge in [0.1, 0.15) is 11.9 Å². The first-order chi connectivity index (χ1) is 24.7. The first-order valence-electron chi connectivity index (χ1n) is 17.2. The number of carbonyl (C=O) groups excluding carboxylic acids is 1. The number of H-pyrrole nitrogens is 1. The molecule has 2 atom stereocenters. The van der Waals surface area contributed by atoms with Crippen LogP contribution >= 0.6 is 19.2 Å². The number of nitrogens with one attached hydrogen (secondary N) is 2. The molecule has 0 spiro atoms. The van der Waals surface area contributed by atoms with Crippen molar-refractivity contribution in [1.29, 1.82) is 0 Å². The topological polar surface area (TPSA) is 126 Å². The molecule has 1 aliphatic rings. The number of benzene rings is 5. The Bertz CT molecular complexity index is 2320. The van der Waals surface area contributed by atoms with E-state index in [4.69, 9.17) is 20.6 Å². The van der Waals surface area contributed by atoms with E-state index in [1.807, 2.05) is 78.9 Å². The number of piperidine rings is 1. The second-order valence-electron chi connectivity index (χ2n) is 12.7. The number of halogens is 1. The summed E-state index contributed by atoms with van der Waals surface area (Å²) in [6.07, 6.45) is -0.336. The zero-order valence-electron chi connectivity index (χ0n) is 28.4. The third-order valence-electron chi connectivity index (χ3n) is 9.62. The van der Waals surface area contributed by atoms with E-state index < -0.39 is 19.5 Å². The number of carbonyl (C=O) groups is 1. The minimum Gasteiger partial charge on any atom is -0.372 e. The summed E-state index contributed by atoms with van der Waals surface area (Å²) in [5, 5.41) is 19.3. The molecule has 2 unspecified atom stereocenters. The molecule has 0 bridgehead atoms. The molecular formula is C39H40ClN4O6P. The van der Waals surface area contributed by atoms with Crippen molar-refractivity contribution in [3.8, 4) is 0 Å². The predicted molar refractivity (Wildman–Crippen MR) is 203 cm³/mol. The highest BCUT2D eigenvalue weighted by molar-refractivity contribution is 7.54. The fraction of sp³-hybridized carbons (Fsp3) is 0.282. The van der Waals surface area contributed by atoms with Gasteiger partial charge in [0.05, 0.1) is 29.8 Å². The summed E-state index contributed by atoms with van der Waals surface area (Å²) in [6, 6.07) is 29.9. The van der Waals surface area contributed by atoms with Crippen LogP contribution in [0.4, 0.5) is 5.69 Å². The van der Waals surface area contributed by atoms with Crippen LogP contribution in [0, 0.1) is 0 Å². The number of amides is 1. The molecule has 0 saturated carbocycles. The molecule has 5 aromatic carbocycles. The SMILES string of the molecule is CCOP(=O)(OCC)C(c1cccc2ccccc12)C(O)Nc1cc2ccccc2cc1C(=O)N1CCC(n2c(=O)[nH]c3ccc(Cl)cc32)CC1. The Morgan fingerprint density at radius 2 is 1.57 bits per heavy atom. The standard InChI is InChI=1S/C39H40ClN4O6P/c1-3-49-51(48,50-4-2)36(31-15-9-13-25-10-7-8-14-30(25)31)37(45)41-34-23-27-12-6-5-11-26(27)22-32(34)38(46)43-20-18-29(19-21-43)44-35-24-28(40)16-17-33(35)42-39(44)47/h5-17,22-24,29,36-37,41,45H,3-4,18-21H2,1-2H3,(H,42,47). The van der Waals surface area contributed by atoms with E-state index in [0.29, 0.717) is 53.3 Å². The molecule has 1 fully saturated rings. The van der Waals surface area contributed by atoms with Gasteiger partial charge in [-0.25, -0.2) is 4.79 Å². The number of aliphatic hydroxyl groups is 1. The number of nitrogens with zero attached hydrogens (tertiary/aromatic N) is 2. The van der Waals surface area contributed by atoms with Gasteiger partial charge in [-0.05, 0) is 84.1 Å². The van der Waals surface area contributed by atoms with Crippen molar-refractivity contribution in [2.45, 2.75) is 44.6 Å². The fourth-order valence-corrected chi connectivity index (χ4v) is 9.58. The van der Waals surface area contributed by atoms with Crippen LogP contribution < -0.4 is 11.0 Å². The van der Waals surface area contributed by atoms with E-state index in [1.54, 1.807) is 41.5 Å². The van der Waals surface area contributed by atoms with Crippen LogP contribution in [-0.2, 0) is 13.6 Å². The van der Waals surface area contributed by atoms with Crippen LogP contribution in [0.25, 0.3) is 32.6 Å². The normalized spacial score (nSPS) is 15.4. The molecule has 10 nitrogen and oxygen atoms in total. The number of anilines is 1. The minimum atomic E-state index is -3.96. The average molecular weight is 727 g/mol. The molecule has 6 aromatic rings. The largest absolute Gasteiger partial charge is 0.372 e. The monoisotopic (exact) mass is 726 g/mol. The quantitative estimate of drug-likeness (QED) is 0.0903. The number of aromatic nitrogens is 2. The third kappa shape index (κ3) is 6.82. The summed E-state index contributed by atoms with van der Waals surface area (Å²) < 4.78 is 28.0. The summed E-state index contributed by atoms with van der Waals surface area (Å²) in [7, 11) is -3.96. The van der Waals surface area contributed by atoms with Crippen LogP contribution in [0.1, 0.15) is 54.3 Å². The Morgan fingerprint density at radius 3 is 2.27 bits per heavy atom. The van der Waals surface area contributed by atoms with Crippen molar-refractivity contribution in [2.75, 3.05) is 31.6 Å². The van der Waals surface area contributed by atoms with Gasteiger partial charge in [-0.15, -0.1) is 0 Å². The molecular weight excluding hydrogens is 687 g/mol. The molecule has 12 heteroatoms. The Balaban J connectivity index is 1.23. The molecule has 0 radical (unpaired) electrons. The van der Waals surface area contributed by atoms with Crippen molar-refractivity contribution in [1.82, 2.24) is 14.5 Å². The van der Waals surface area contributed by atoms with Crippen molar-refractivity contribution >= 4 is 63.4 Å². The van der Waals surface area contributed by atoms with Crippen LogP contribution in [0.5, 0.6) is 0 Å². The number of hydrogen-bond acceptors (Lipinski definition) is 7. The number of imidazole rings is 1. The summed E-state index contributed by atoms with van der Waals surface area (Å²) in [6.45, 7) is 4.52. The molecule has 3 N–H and O–H groups in total. The summed E-state index contributed by atoms with van der Waals surface area (Å²) in [5.74, 6) is -0.220. The van der Waals surface area contributed by atoms with Gasteiger partial charge in [0, 0.05) is 29.8 Å². The molecule has 2 heterocycles. The maximum absolute atomic E-state index is 14.6. The van der Waals surface area contributed by atoms with E-state index in [9.17, 15) is 19.3 Å². The number of aliphatic hydroxyl groups excluding tert-OH is 1. The smallest absolute Gasteiger partial charge is 0.342 e. The zero-order valence-corrected chi connectivity index (χ0v) is 30.1.